The Balaban J connectivity index is 1.83. The highest BCUT2D eigenvalue weighted by Crippen LogP contribution is 2.17. The molecule has 1 heterocycles. The highest BCUT2D eigenvalue weighted by atomic mass is 79.9. The number of hydrogen-bond donors (Lipinski definition) is 0. The number of nitrogens with zero attached hydrogens (tertiary/aromatic N) is 2. The highest BCUT2D eigenvalue weighted by Gasteiger charge is 1.99. The second-order valence-electron chi connectivity index (χ2n) is 3.41. The predicted molar refractivity (Wildman–Crippen MR) is 68.4 cm³/mol. The van der Waals surface area contributed by atoms with Crippen LogP contribution in [0.2, 0.25) is 0 Å². The minimum atomic E-state index is 0.599. The van der Waals surface area contributed by atoms with Crippen LogP contribution in [0.1, 0.15) is 0 Å². The zero-order chi connectivity index (χ0) is 12.1. The maximum atomic E-state index is 5.61. The van der Waals surface area contributed by atoms with E-state index in [9.17, 15) is 0 Å². The zero-order valence-corrected chi connectivity index (χ0v) is 11.1. The Hall–Kier alpha value is -1.49. The summed E-state index contributed by atoms with van der Waals surface area (Å²) in [5.74, 6) is 1.66. The van der Waals surface area contributed by atoms with Crippen molar-refractivity contribution < 1.29 is 9.47 Å². The van der Waals surface area contributed by atoms with Gasteiger partial charge in [0.15, 0.2) is 4.73 Å². The Morgan fingerprint density at radius 2 is 1.94 bits per heavy atom. The van der Waals surface area contributed by atoms with Gasteiger partial charge in [-0.3, -0.25) is 0 Å². The first kappa shape index (κ1) is 12.0. The third kappa shape index (κ3) is 3.23. The average Bonchev–Trinajstić information content (AvgIpc) is 2.76. The van der Waals surface area contributed by atoms with Gasteiger partial charge in [-0.05, 0) is 40.2 Å². The molecular formula is C12H13BrN2O2. The Bertz CT molecular complexity index is 468. The van der Waals surface area contributed by atoms with Crippen LogP contribution in [0, 0.1) is 0 Å². The van der Waals surface area contributed by atoms with Crippen molar-refractivity contribution >= 4 is 15.9 Å². The molecule has 0 bridgehead atoms. The summed E-state index contributed by atoms with van der Waals surface area (Å²) in [7, 11) is 1.65. The van der Waals surface area contributed by atoms with Crippen LogP contribution < -0.4 is 9.47 Å². The van der Waals surface area contributed by atoms with E-state index in [1.165, 1.54) is 0 Å². The van der Waals surface area contributed by atoms with Crippen molar-refractivity contribution in [1.82, 2.24) is 9.55 Å². The Morgan fingerprint density at radius 3 is 2.53 bits per heavy atom. The number of halogens is 1. The molecule has 0 atom stereocenters. The van der Waals surface area contributed by atoms with Gasteiger partial charge in [0, 0.05) is 12.4 Å². The molecule has 1 aromatic carbocycles. The molecule has 90 valence electrons. The van der Waals surface area contributed by atoms with Crippen molar-refractivity contribution in [2.24, 2.45) is 0 Å². The summed E-state index contributed by atoms with van der Waals surface area (Å²) in [5, 5.41) is 0. The minimum Gasteiger partial charge on any atom is -0.497 e. The molecule has 0 saturated heterocycles. The summed E-state index contributed by atoms with van der Waals surface area (Å²) < 4.78 is 13.5. The molecule has 0 amide bonds. The molecule has 4 nitrogen and oxygen atoms in total. The lowest BCUT2D eigenvalue weighted by molar-refractivity contribution is 0.296. The van der Waals surface area contributed by atoms with Crippen LogP contribution >= 0.6 is 15.9 Å². The summed E-state index contributed by atoms with van der Waals surface area (Å²) in [5.41, 5.74) is 0. The van der Waals surface area contributed by atoms with E-state index in [1.807, 2.05) is 35.0 Å². The smallest absolute Gasteiger partial charge is 0.177 e. The normalized spacial score (nSPS) is 10.2. The van der Waals surface area contributed by atoms with Crippen molar-refractivity contribution in [3.05, 3.63) is 41.4 Å². The van der Waals surface area contributed by atoms with Crippen molar-refractivity contribution in [1.29, 1.82) is 0 Å². The van der Waals surface area contributed by atoms with Crippen LogP contribution in [0.15, 0.2) is 41.4 Å². The van der Waals surface area contributed by atoms with Gasteiger partial charge in [0.25, 0.3) is 0 Å². The number of aromatic nitrogens is 2. The van der Waals surface area contributed by atoms with Gasteiger partial charge < -0.3 is 14.0 Å². The van der Waals surface area contributed by atoms with Gasteiger partial charge in [0.05, 0.1) is 13.7 Å². The van der Waals surface area contributed by atoms with Gasteiger partial charge >= 0.3 is 0 Å². The molecule has 0 radical (unpaired) electrons. The predicted octanol–water partition coefficient (Wildman–Crippen LogP) is 2.73. The van der Waals surface area contributed by atoms with Gasteiger partial charge in [-0.2, -0.15) is 0 Å². The molecule has 1 aromatic heterocycles. The third-order valence-corrected chi connectivity index (χ3v) is 2.99. The van der Waals surface area contributed by atoms with Crippen LogP contribution in [0.4, 0.5) is 0 Å². The molecule has 17 heavy (non-hydrogen) atoms. The molecule has 0 spiro atoms. The molecule has 2 aromatic rings. The molecular weight excluding hydrogens is 284 g/mol. The number of benzene rings is 1. The van der Waals surface area contributed by atoms with Crippen molar-refractivity contribution in [3.8, 4) is 11.5 Å². The van der Waals surface area contributed by atoms with Crippen LogP contribution in [0.3, 0.4) is 0 Å². The second kappa shape index (κ2) is 5.72. The average molecular weight is 297 g/mol. The van der Waals surface area contributed by atoms with Gasteiger partial charge in [-0.25, -0.2) is 4.98 Å². The fourth-order valence-electron chi connectivity index (χ4n) is 1.41. The van der Waals surface area contributed by atoms with Gasteiger partial charge in [0.1, 0.15) is 18.1 Å². The monoisotopic (exact) mass is 296 g/mol. The van der Waals surface area contributed by atoms with E-state index in [1.54, 1.807) is 13.3 Å². The van der Waals surface area contributed by atoms with Crippen molar-refractivity contribution in [2.75, 3.05) is 13.7 Å². The SMILES string of the molecule is COc1ccc(OCCn2ccnc2Br)cc1. The molecule has 0 aliphatic heterocycles. The molecule has 0 N–H and O–H groups in total. The van der Waals surface area contributed by atoms with E-state index in [0.717, 1.165) is 22.8 Å². The van der Waals surface area contributed by atoms with E-state index in [4.69, 9.17) is 9.47 Å². The van der Waals surface area contributed by atoms with Gasteiger partial charge in [0.2, 0.25) is 0 Å². The lowest BCUT2D eigenvalue weighted by atomic mass is 10.3. The fourth-order valence-corrected chi connectivity index (χ4v) is 1.83. The number of methoxy groups -OCH3 is 1. The van der Waals surface area contributed by atoms with E-state index >= 15 is 0 Å². The van der Waals surface area contributed by atoms with Crippen molar-refractivity contribution in [2.45, 2.75) is 6.54 Å². The summed E-state index contributed by atoms with van der Waals surface area (Å²) >= 11 is 3.35. The summed E-state index contributed by atoms with van der Waals surface area (Å²) in [6.45, 7) is 1.36. The minimum absolute atomic E-state index is 0.599. The Labute approximate surface area is 108 Å². The summed E-state index contributed by atoms with van der Waals surface area (Å²) in [4.78, 5) is 4.07. The van der Waals surface area contributed by atoms with E-state index in [2.05, 4.69) is 20.9 Å². The number of imidazole rings is 1. The molecule has 0 fully saturated rings. The van der Waals surface area contributed by atoms with Gasteiger partial charge in [-0.1, -0.05) is 0 Å². The van der Waals surface area contributed by atoms with Crippen LogP contribution in [-0.4, -0.2) is 23.3 Å². The van der Waals surface area contributed by atoms with Gasteiger partial charge in [-0.15, -0.1) is 0 Å². The first-order chi connectivity index (χ1) is 8.29. The molecule has 5 heteroatoms. The molecule has 0 aliphatic rings. The zero-order valence-electron chi connectivity index (χ0n) is 9.47. The highest BCUT2D eigenvalue weighted by molar-refractivity contribution is 9.10. The second-order valence-corrected chi connectivity index (χ2v) is 4.12. The van der Waals surface area contributed by atoms with Crippen molar-refractivity contribution in [3.63, 3.8) is 0 Å². The molecule has 2 rings (SSSR count). The topological polar surface area (TPSA) is 36.3 Å². The quantitative estimate of drug-likeness (QED) is 0.851. The lowest BCUT2D eigenvalue weighted by Crippen LogP contribution is -2.07. The number of ether oxygens (including phenoxy) is 2. The molecule has 0 saturated carbocycles. The molecule has 0 aliphatic carbocycles. The summed E-state index contributed by atoms with van der Waals surface area (Å²) in [6.07, 6.45) is 3.65. The first-order valence-electron chi connectivity index (χ1n) is 5.23. The maximum Gasteiger partial charge on any atom is 0.177 e. The van der Waals surface area contributed by atoms with E-state index < -0.39 is 0 Å². The maximum absolute atomic E-state index is 5.61. The Kier molecular flexibility index (Phi) is 4.03. The summed E-state index contributed by atoms with van der Waals surface area (Å²) in [6, 6.07) is 7.54. The van der Waals surface area contributed by atoms with E-state index in [-0.39, 0.29) is 0 Å². The largest absolute Gasteiger partial charge is 0.497 e. The van der Waals surface area contributed by atoms with E-state index in [0.29, 0.717) is 6.61 Å². The third-order valence-electron chi connectivity index (χ3n) is 2.33. The molecule has 0 unspecified atom stereocenters. The first-order valence-corrected chi connectivity index (χ1v) is 6.02. The number of rotatable bonds is 5. The van der Waals surface area contributed by atoms with Crippen LogP contribution in [-0.2, 0) is 6.54 Å². The lowest BCUT2D eigenvalue weighted by Gasteiger charge is -2.08. The van der Waals surface area contributed by atoms with Crippen LogP contribution in [0.25, 0.3) is 0 Å². The van der Waals surface area contributed by atoms with Crippen LogP contribution in [0.5, 0.6) is 11.5 Å². The fraction of sp³-hybridized carbons (Fsp3) is 0.250. The Morgan fingerprint density at radius 1 is 1.24 bits per heavy atom. The number of hydrogen-bond acceptors (Lipinski definition) is 3. The standard InChI is InChI=1S/C12H13BrN2O2/c1-16-10-2-4-11(5-3-10)17-9-8-15-7-6-14-12(15)13/h2-7H,8-9H2,1H3.